The molecule has 0 N–H and O–H groups in total. The Morgan fingerprint density at radius 2 is 1.77 bits per heavy atom. The Hall–Kier alpha value is -0.520. The van der Waals surface area contributed by atoms with Gasteiger partial charge in [-0.05, 0) is 38.0 Å². The van der Waals surface area contributed by atoms with Crippen LogP contribution < -0.4 is 0 Å². The fourth-order valence-corrected chi connectivity index (χ4v) is 2.08. The van der Waals surface area contributed by atoms with E-state index in [2.05, 4.69) is 39.2 Å². The predicted molar refractivity (Wildman–Crippen MR) is 61.9 cm³/mol. The van der Waals surface area contributed by atoms with Gasteiger partial charge in [0.2, 0.25) is 0 Å². The maximum Gasteiger partial charge on any atom is -0.0323 e. The molecule has 0 aliphatic heterocycles. The summed E-state index contributed by atoms with van der Waals surface area (Å²) in [4.78, 5) is 0. The third-order valence-electron chi connectivity index (χ3n) is 2.96. The van der Waals surface area contributed by atoms with Crippen LogP contribution in [0.5, 0.6) is 0 Å². The summed E-state index contributed by atoms with van der Waals surface area (Å²) in [6.07, 6.45) is 13.0. The van der Waals surface area contributed by atoms with Crippen LogP contribution in [0.2, 0.25) is 0 Å². The molecule has 1 aliphatic carbocycles. The molecule has 0 atom stereocenters. The molecule has 1 aliphatic rings. The van der Waals surface area contributed by atoms with Gasteiger partial charge in [0.25, 0.3) is 0 Å². The fraction of sp³-hybridized carbons (Fsp3) is 0.692. The highest BCUT2D eigenvalue weighted by molar-refractivity contribution is 4.85. The van der Waals surface area contributed by atoms with Crippen LogP contribution in [0.25, 0.3) is 0 Å². The number of rotatable bonds is 3. The summed E-state index contributed by atoms with van der Waals surface area (Å²) < 4.78 is 0. The van der Waals surface area contributed by atoms with Crippen LogP contribution in [-0.2, 0) is 0 Å². The third kappa shape index (κ3) is 4.92. The third-order valence-corrected chi connectivity index (χ3v) is 2.96. The lowest BCUT2D eigenvalue weighted by Gasteiger charge is -2.22. The number of hydrogen-bond acceptors (Lipinski definition) is 0. The summed E-state index contributed by atoms with van der Waals surface area (Å²) in [5, 5.41) is 0. The van der Waals surface area contributed by atoms with Gasteiger partial charge in [0.15, 0.2) is 0 Å². The predicted octanol–water partition coefficient (Wildman–Crippen LogP) is 4.73. The molecule has 76 valence electrons. The zero-order chi connectivity index (χ0) is 10.2. The summed E-state index contributed by atoms with van der Waals surface area (Å²) in [7, 11) is 0. The molecule has 0 amide bonds. The van der Waals surface area contributed by atoms with Gasteiger partial charge < -0.3 is 0 Å². The van der Waals surface area contributed by atoms with E-state index in [1.54, 1.807) is 0 Å². The Bertz CT molecular complexity index is 138. The molecule has 0 heteroatoms. The van der Waals surface area contributed by atoms with E-state index in [-0.39, 0.29) is 0 Å². The average Bonchev–Trinajstić information content (AvgIpc) is 2.57. The minimum Gasteiger partial charge on any atom is -0.106 e. The van der Waals surface area contributed by atoms with Crippen LogP contribution in [-0.4, -0.2) is 0 Å². The summed E-state index contributed by atoms with van der Waals surface area (Å²) in [6.45, 7) is 10.6. The van der Waals surface area contributed by atoms with E-state index in [0.717, 1.165) is 0 Å². The molecule has 0 nitrogen and oxygen atoms in total. The minimum absolute atomic E-state index is 0.694. The Kier molecular flexibility index (Phi) is 6.66. The van der Waals surface area contributed by atoms with E-state index >= 15 is 0 Å². The van der Waals surface area contributed by atoms with Gasteiger partial charge in [0.1, 0.15) is 0 Å². The lowest BCUT2D eigenvalue weighted by atomic mass is 9.84. The first kappa shape index (κ1) is 12.5. The molecular formula is C13H24. The average molecular weight is 180 g/mol. The first-order valence-electron chi connectivity index (χ1n) is 5.38. The highest BCUT2D eigenvalue weighted by atomic mass is 14.3. The maximum absolute atomic E-state index is 3.00. The molecule has 0 unspecified atom stereocenters. The van der Waals surface area contributed by atoms with Gasteiger partial charge >= 0.3 is 0 Å². The monoisotopic (exact) mass is 180 g/mol. The maximum atomic E-state index is 3.00. The van der Waals surface area contributed by atoms with Gasteiger partial charge in [-0.3, -0.25) is 0 Å². The normalized spacial score (nSPS) is 19.8. The van der Waals surface area contributed by atoms with Crippen LogP contribution in [0.4, 0.5) is 0 Å². The molecule has 0 bridgehead atoms. The first-order valence-corrected chi connectivity index (χ1v) is 5.38. The summed E-state index contributed by atoms with van der Waals surface area (Å²) in [5.41, 5.74) is 0.694. The lowest BCUT2D eigenvalue weighted by molar-refractivity contribution is 0.311. The van der Waals surface area contributed by atoms with Crippen molar-refractivity contribution in [2.45, 2.75) is 52.4 Å². The van der Waals surface area contributed by atoms with Crippen molar-refractivity contribution in [1.82, 2.24) is 0 Å². The van der Waals surface area contributed by atoms with Gasteiger partial charge in [-0.25, -0.2) is 0 Å². The SMILES string of the molecule is C/C=C/CCC1(C)CCCC1.C=C. The molecule has 0 radical (unpaired) electrons. The molecule has 0 aromatic rings. The van der Waals surface area contributed by atoms with Crippen molar-refractivity contribution < 1.29 is 0 Å². The van der Waals surface area contributed by atoms with E-state index in [9.17, 15) is 0 Å². The second-order valence-electron chi connectivity index (χ2n) is 4.13. The minimum atomic E-state index is 0.694. The molecule has 0 heterocycles. The van der Waals surface area contributed by atoms with E-state index in [4.69, 9.17) is 0 Å². The molecular weight excluding hydrogens is 156 g/mol. The largest absolute Gasteiger partial charge is 0.106 e. The van der Waals surface area contributed by atoms with Gasteiger partial charge in [-0.2, -0.15) is 0 Å². The van der Waals surface area contributed by atoms with Crippen LogP contribution in [0.3, 0.4) is 0 Å². The Labute approximate surface area is 83.7 Å². The van der Waals surface area contributed by atoms with E-state index < -0.39 is 0 Å². The molecule has 1 rings (SSSR count). The molecule has 0 saturated heterocycles. The summed E-state index contributed by atoms with van der Waals surface area (Å²) in [6, 6.07) is 0. The van der Waals surface area contributed by atoms with Crippen molar-refractivity contribution in [1.29, 1.82) is 0 Å². The van der Waals surface area contributed by atoms with Crippen LogP contribution >= 0.6 is 0 Å². The van der Waals surface area contributed by atoms with Gasteiger partial charge in [0.05, 0.1) is 0 Å². The van der Waals surface area contributed by atoms with Crippen molar-refractivity contribution >= 4 is 0 Å². The molecule has 13 heavy (non-hydrogen) atoms. The summed E-state index contributed by atoms with van der Waals surface area (Å²) in [5.74, 6) is 0. The Balaban J connectivity index is 0.000000671. The fourth-order valence-electron chi connectivity index (χ4n) is 2.08. The van der Waals surface area contributed by atoms with E-state index in [1.807, 2.05) is 0 Å². The first-order chi connectivity index (χ1) is 6.27. The van der Waals surface area contributed by atoms with Gasteiger partial charge in [-0.1, -0.05) is 31.9 Å². The zero-order valence-corrected chi connectivity index (χ0v) is 9.31. The molecule has 0 aromatic heterocycles. The summed E-state index contributed by atoms with van der Waals surface area (Å²) >= 11 is 0. The van der Waals surface area contributed by atoms with Gasteiger partial charge in [-0.15, -0.1) is 13.2 Å². The molecule has 0 aromatic carbocycles. The van der Waals surface area contributed by atoms with E-state index in [1.165, 1.54) is 38.5 Å². The van der Waals surface area contributed by atoms with Crippen molar-refractivity contribution in [3.8, 4) is 0 Å². The highest BCUT2D eigenvalue weighted by Crippen LogP contribution is 2.41. The molecule has 0 spiro atoms. The standard InChI is InChI=1S/C11H20.C2H4/c1-3-4-5-8-11(2)9-6-7-10-11;1-2/h3-4H,5-10H2,1-2H3;1-2H2/b4-3+;. The smallest absolute Gasteiger partial charge is 0.0323 e. The second-order valence-corrected chi connectivity index (χ2v) is 4.13. The van der Waals surface area contributed by atoms with Crippen molar-refractivity contribution in [3.05, 3.63) is 25.3 Å². The molecule has 1 saturated carbocycles. The lowest BCUT2D eigenvalue weighted by Crippen LogP contribution is -2.09. The van der Waals surface area contributed by atoms with Crippen LogP contribution in [0.1, 0.15) is 52.4 Å². The number of hydrogen-bond donors (Lipinski definition) is 0. The van der Waals surface area contributed by atoms with Crippen molar-refractivity contribution in [2.75, 3.05) is 0 Å². The quantitative estimate of drug-likeness (QED) is 0.551. The Morgan fingerprint density at radius 1 is 1.23 bits per heavy atom. The van der Waals surface area contributed by atoms with Crippen LogP contribution in [0.15, 0.2) is 25.3 Å². The second kappa shape index (κ2) is 6.94. The van der Waals surface area contributed by atoms with Gasteiger partial charge in [0, 0.05) is 0 Å². The van der Waals surface area contributed by atoms with E-state index in [0.29, 0.717) is 5.41 Å². The van der Waals surface area contributed by atoms with Crippen molar-refractivity contribution in [3.63, 3.8) is 0 Å². The highest BCUT2D eigenvalue weighted by Gasteiger charge is 2.27. The Morgan fingerprint density at radius 3 is 2.23 bits per heavy atom. The topological polar surface area (TPSA) is 0 Å². The van der Waals surface area contributed by atoms with Crippen LogP contribution in [0, 0.1) is 5.41 Å². The molecule has 1 fully saturated rings. The zero-order valence-electron chi connectivity index (χ0n) is 9.31. The van der Waals surface area contributed by atoms with Crippen molar-refractivity contribution in [2.24, 2.45) is 5.41 Å². The number of allylic oxidation sites excluding steroid dienone is 2.